The van der Waals surface area contributed by atoms with Gasteiger partial charge in [-0.3, -0.25) is 9.59 Å². The summed E-state index contributed by atoms with van der Waals surface area (Å²) in [6.45, 7) is 7.66. The molecule has 1 atom stereocenters. The Kier molecular flexibility index (Phi) is 45.4. The highest BCUT2D eigenvalue weighted by Crippen LogP contribution is 2.14. The monoisotopic (exact) mass is 785 g/mol. The van der Waals surface area contributed by atoms with Gasteiger partial charge in [-0.1, -0.05) is 204 Å². The average molecular weight is 785 g/mol. The molecule has 0 aliphatic rings. The normalized spacial score (nSPS) is 12.6. The lowest BCUT2D eigenvalue weighted by molar-refractivity contribution is -0.163. The number of hydrogen-bond donors (Lipinski definition) is 0. The Balaban J connectivity index is 4.26. The Labute approximate surface area is 348 Å². The van der Waals surface area contributed by atoms with Crippen LogP contribution in [0.2, 0.25) is 0 Å². The summed E-state index contributed by atoms with van der Waals surface area (Å²) in [7, 11) is 0. The van der Waals surface area contributed by atoms with Gasteiger partial charge < -0.3 is 14.2 Å². The van der Waals surface area contributed by atoms with Gasteiger partial charge in [-0.25, -0.2) is 0 Å². The Bertz CT molecular complexity index is 935. The third-order valence-corrected chi connectivity index (χ3v) is 10.3. The van der Waals surface area contributed by atoms with Gasteiger partial charge >= 0.3 is 11.9 Å². The summed E-state index contributed by atoms with van der Waals surface area (Å²) >= 11 is 0. The first kappa shape index (κ1) is 53.9. The maximum atomic E-state index is 12.7. The highest BCUT2D eigenvalue weighted by Gasteiger charge is 2.17. The van der Waals surface area contributed by atoms with E-state index < -0.39 is 6.10 Å². The molecule has 0 aliphatic heterocycles. The molecule has 0 rings (SSSR count). The van der Waals surface area contributed by atoms with Crippen molar-refractivity contribution in [2.24, 2.45) is 0 Å². The maximum Gasteiger partial charge on any atom is 0.306 e. The maximum absolute atomic E-state index is 12.7. The topological polar surface area (TPSA) is 61.8 Å². The van der Waals surface area contributed by atoms with Crippen LogP contribution in [-0.4, -0.2) is 37.9 Å². The van der Waals surface area contributed by atoms with Crippen LogP contribution in [0.3, 0.4) is 0 Å². The molecule has 5 heteroatoms. The average Bonchev–Trinajstić information content (AvgIpc) is 3.20. The predicted octanol–water partition coefficient (Wildman–Crippen LogP) is 16.0. The lowest BCUT2D eigenvalue weighted by Gasteiger charge is -2.18. The Morgan fingerprint density at radius 2 is 0.821 bits per heavy atom. The van der Waals surface area contributed by atoms with Crippen molar-refractivity contribution in [3.8, 4) is 0 Å². The number of ether oxygens (including phenoxy) is 3. The van der Waals surface area contributed by atoms with E-state index >= 15 is 0 Å². The molecule has 0 aromatic carbocycles. The highest BCUT2D eigenvalue weighted by atomic mass is 16.6. The quantitative estimate of drug-likeness (QED) is 0.0350. The fourth-order valence-electron chi connectivity index (χ4n) is 6.74. The highest BCUT2D eigenvalue weighted by molar-refractivity contribution is 5.70. The Hall–Kier alpha value is -2.14. The summed E-state index contributed by atoms with van der Waals surface area (Å²) in [5.41, 5.74) is 0. The third-order valence-electron chi connectivity index (χ3n) is 10.3. The molecule has 0 saturated carbocycles. The molecule has 0 aromatic rings. The number of allylic oxidation sites excluding steroid dienone is 8. The summed E-state index contributed by atoms with van der Waals surface area (Å²) in [5, 5.41) is 0. The van der Waals surface area contributed by atoms with E-state index in [2.05, 4.69) is 69.4 Å². The molecule has 0 heterocycles. The van der Waals surface area contributed by atoms with Crippen LogP contribution in [0.4, 0.5) is 0 Å². The Morgan fingerprint density at radius 3 is 1.36 bits per heavy atom. The number of carbonyl (C=O) groups is 2. The summed E-state index contributed by atoms with van der Waals surface area (Å²) in [6, 6.07) is 0. The molecular weight excluding hydrogens is 693 g/mol. The van der Waals surface area contributed by atoms with Crippen LogP contribution < -0.4 is 0 Å². The second kappa shape index (κ2) is 47.2. The number of esters is 2. The van der Waals surface area contributed by atoms with Gasteiger partial charge in [0.05, 0.1) is 6.61 Å². The zero-order valence-electron chi connectivity index (χ0n) is 37.4. The van der Waals surface area contributed by atoms with Crippen molar-refractivity contribution in [2.45, 2.75) is 245 Å². The first-order chi connectivity index (χ1) is 27.6. The summed E-state index contributed by atoms with van der Waals surface area (Å²) in [5.74, 6) is -0.409. The molecule has 0 spiro atoms. The van der Waals surface area contributed by atoms with Gasteiger partial charge in [0.25, 0.3) is 0 Å². The largest absolute Gasteiger partial charge is 0.462 e. The molecule has 326 valence electrons. The lowest BCUT2D eigenvalue weighted by Crippen LogP contribution is -2.30. The van der Waals surface area contributed by atoms with E-state index in [0.717, 1.165) is 77.0 Å². The van der Waals surface area contributed by atoms with Crippen LogP contribution >= 0.6 is 0 Å². The van der Waals surface area contributed by atoms with Crippen LogP contribution in [0.5, 0.6) is 0 Å². The number of unbranched alkanes of at least 4 members (excludes halogenated alkanes) is 25. The van der Waals surface area contributed by atoms with Crippen LogP contribution in [-0.2, 0) is 23.8 Å². The van der Waals surface area contributed by atoms with Gasteiger partial charge in [0.1, 0.15) is 6.61 Å². The molecule has 0 aliphatic carbocycles. The van der Waals surface area contributed by atoms with E-state index in [1.807, 2.05) is 0 Å². The molecule has 1 unspecified atom stereocenters. The second-order valence-corrected chi connectivity index (χ2v) is 16.0. The molecular formula is C51H92O5. The van der Waals surface area contributed by atoms with Gasteiger partial charge in [-0.2, -0.15) is 0 Å². The molecule has 5 nitrogen and oxygen atoms in total. The van der Waals surface area contributed by atoms with E-state index in [1.54, 1.807) is 0 Å². The number of rotatable bonds is 44. The van der Waals surface area contributed by atoms with Gasteiger partial charge in [0, 0.05) is 19.4 Å². The first-order valence-electron chi connectivity index (χ1n) is 24.2. The zero-order chi connectivity index (χ0) is 40.7. The molecule has 0 radical (unpaired) electrons. The zero-order valence-corrected chi connectivity index (χ0v) is 37.4. The van der Waals surface area contributed by atoms with E-state index in [9.17, 15) is 9.59 Å². The van der Waals surface area contributed by atoms with E-state index in [0.29, 0.717) is 19.4 Å². The van der Waals surface area contributed by atoms with Gasteiger partial charge in [-0.05, 0) is 70.6 Å². The van der Waals surface area contributed by atoms with Crippen molar-refractivity contribution < 1.29 is 23.8 Å². The van der Waals surface area contributed by atoms with Gasteiger partial charge in [-0.15, -0.1) is 0 Å². The van der Waals surface area contributed by atoms with Crippen LogP contribution in [0.15, 0.2) is 48.6 Å². The summed E-state index contributed by atoms with van der Waals surface area (Å²) in [4.78, 5) is 25.3. The van der Waals surface area contributed by atoms with Crippen molar-refractivity contribution >= 4 is 11.9 Å². The minimum absolute atomic E-state index is 0.0792. The molecule has 0 N–H and O–H groups in total. The number of carbonyl (C=O) groups excluding carboxylic acids is 2. The molecule has 0 aromatic heterocycles. The molecule has 0 fully saturated rings. The number of hydrogen-bond acceptors (Lipinski definition) is 5. The first-order valence-corrected chi connectivity index (χ1v) is 24.2. The van der Waals surface area contributed by atoms with Crippen LogP contribution in [0, 0.1) is 0 Å². The van der Waals surface area contributed by atoms with E-state index in [1.165, 1.54) is 128 Å². The smallest absolute Gasteiger partial charge is 0.306 e. The predicted molar refractivity (Wildman–Crippen MR) is 242 cm³/mol. The molecule has 0 amide bonds. The SMILES string of the molecule is CC/C=C\C/C=C\C/C=C\CCCCCCCCOCC(COC(=O)CCCCCCCCCCCCCCC)OC(=O)CCCCCCC/C=C\CCCC. The molecule has 0 saturated heterocycles. The standard InChI is InChI=1S/C51H92O5/c1-4-7-10-13-16-19-22-24-25-26-28-31-34-37-40-43-46-54-47-49(56-51(53)45-42-39-36-33-29-21-18-15-12-9-6-3)48-55-50(52)44-41-38-35-32-30-27-23-20-17-14-11-8-5-2/h7,10,15-16,18-19,24-25,49H,4-6,8-9,11-14,17,20-23,26-48H2,1-3H3/b10-7-,18-15-,19-16-,25-24-. The fraction of sp³-hybridized carbons (Fsp3) is 0.804. The Morgan fingerprint density at radius 1 is 0.411 bits per heavy atom. The van der Waals surface area contributed by atoms with Crippen LogP contribution in [0.25, 0.3) is 0 Å². The van der Waals surface area contributed by atoms with E-state index in [4.69, 9.17) is 14.2 Å². The van der Waals surface area contributed by atoms with Gasteiger partial charge in [0.15, 0.2) is 6.10 Å². The third kappa shape index (κ3) is 44.6. The van der Waals surface area contributed by atoms with Gasteiger partial charge in [0.2, 0.25) is 0 Å². The summed E-state index contributed by atoms with van der Waals surface area (Å²) in [6.07, 6.45) is 56.8. The second-order valence-electron chi connectivity index (χ2n) is 16.0. The van der Waals surface area contributed by atoms with Crippen molar-refractivity contribution in [2.75, 3.05) is 19.8 Å². The molecule has 0 bridgehead atoms. The van der Waals surface area contributed by atoms with Crippen molar-refractivity contribution in [1.29, 1.82) is 0 Å². The van der Waals surface area contributed by atoms with E-state index in [-0.39, 0.29) is 25.2 Å². The fourth-order valence-corrected chi connectivity index (χ4v) is 6.74. The van der Waals surface area contributed by atoms with Crippen LogP contribution in [0.1, 0.15) is 239 Å². The minimum atomic E-state index is -0.543. The molecule has 56 heavy (non-hydrogen) atoms. The minimum Gasteiger partial charge on any atom is -0.462 e. The summed E-state index contributed by atoms with van der Waals surface area (Å²) < 4.78 is 17.3. The lowest BCUT2D eigenvalue weighted by atomic mass is 10.0. The van der Waals surface area contributed by atoms with Crippen molar-refractivity contribution in [3.63, 3.8) is 0 Å². The van der Waals surface area contributed by atoms with Crippen molar-refractivity contribution in [3.05, 3.63) is 48.6 Å². The van der Waals surface area contributed by atoms with Crippen molar-refractivity contribution in [1.82, 2.24) is 0 Å².